The number of methoxy groups -OCH3 is 2. The average Bonchev–Trinajstić information content (AvgIpc) is 2.27. The third-order valence-electron chi connectivity index (χ3n) is 1.86. The van der Waals surface area contributed by atoms with E-state index in [2.05, 4.69) is 6.92 Å². The van der Waals surface area contributed by atoms with Crippen LogP contribution in [0, 0.1) is 0 Å². The fraction of sp³-hybridized carbons (Fsp3) is 0.417. The second-order valence-corrected chi connectivity index (χ2v) is 3.06. The van der Waals surface area contributed by atoms with Crippen LogP contribution in [0.15, 0.2) is 18.2 Å². The molecule has 4 nitrogen and oxygen atoms in total. The maximum atomic E-state index is 9.00. The Morgan fingerprint density at radius 3 is 2.12 bits per heavy atom. The number of rotatable bonds is 3. The van der Waals surface area contributed by atoms with Crippen molar-refractivity contribution in [3.8, 4) is 11.5 Å². The van der Waals surface area contributed by atoms with Gasteiger partial charge in [0, 0.05) is 6.92 Å². The molecule has 0 aliphatic rings. The lowest BCUT2D eigenvalue weighted by molar-refractivity contribution is -0.134. The Labute approximate surface area is 95.8 Å². The largest absolute Gasteiger partial charge is 0.493 e. The molecule has 0 saturated carbocycles. The summed E-state index contributed by atoms with van der Waals surface area (Å²) >= 11 is 0. The summed E-state index contributed by atoms with van der Waals surface area (Å²) in [4.78, 5) is 9.00. The van der Waals surface area contributed by atoms with Crippen LogP contribution in [0.1, 0.15) is 19.4 Å². The second kappa shape index (κ2) is 7.56. The van der Waals surface area contributed by atoms with Crippen LogP contribution in [0.5, 0.6) is 11.5 Å². The van der Waals surface area contributed by atoms with Gasteiger partial charge in [0.15, 0.2) is 11.5 Å². The number of ether oxygens (including phenoxy) is 2. The molecule has 90 valence electrons. The Balaban J connectivity index is 0.000000487. The summed E-state index contributed by atoms with van der Waals surface area (Å²) in [6.07, 6.45) is 1.01. The van der Waals surface area contributed by atoms with Crippen molar-refractivity contribution in [1.29, 1.82) is 0 Å². The average molecular weight is 226 g/mol. The highest BCUT2D eigenvalue weighted by atomic mass is 16.5. The van der Waals surface area contributed by atoms with Gasteiger partial charge in [-0.1, -0.05) is 13.0 Å². The first-order chi connectivity index (χ1) is 7.54. The summed E-state index contributed by atoms with van der Waals surface area (Å²) in [5, 5.41) is 7.42. The van der Waals surface area contributed by atoms with Crippen LogP contribution in [0.4, 0.5) is 0 Å². The molecular weight excluding hydrogens is 208 g/mol. The molecule has 0 bridgehead atoms. The van der Waals surface area contributed by atoms with Gasteiger partial charge in [-0.3, -0.25) is 4.79 Å². The van der Waals surface area contributed by atoms with Gasteiger partial charge in [0.2, 0.25) is 0 Å². The third kappa shape index (κ3) is 5.24. The first kappa shape index (κ1) is 14.3. The summed E-state index contributed by atoms with van der Waals surface area (Å²) in [5.74, 6) is 0.756. The first-order valence-electron chi connectivity index (χ1n) is 4.95. The first-order valence-corrected chi connectivity index (χ1v) is 4.95. The highest BCUT2D eigenvalue weighted by molar-refractivity contribution is 5.62. The van der Waals surface area contributed by atoms with Gasteiger partial charge >= 0.3 is 0 Å². The Kier molecular flexibility index (Phi) is 6.76. The zero-order valence-electron chi connectivity index (χ0n) is 10.1. The van der Waals surface area contributed by atoms with E-state index < -0.39 is 5.97 Å². The van der Waals surface area contributed by atoms with E-state index in [0.29, 0.717) is 0 Å². The van der Waals surface area contributed by atoms with E-state index in [-0.39, 0.29) is 0 Å². The van der Waals surface area contributed by atoms with Crippen molar-refractivity contribution < 1.29 is 19.4 Å². The normalized spacial score (nSPS) is 8.75. The number of carboxylic acid groups (broad SMARTS) is 1. The molecule has 1 N–H and O–H groups in total. The zero-order valence-corrected chi connectivity index (χ0v) is 10.1. The number of aliphatic carboxylic acids is 1. The molecule has 0 unspecified atom stereocenters. The Hall–Kier alpha value is -1.71. The number of carbonyl (C=O) groups is 1. The predicted octanol–water partition coefficient (Wildman–Crippen LogP) is 2.36. The summed E-state index contributed by atoms with van der Waals surface area (Å²) in [7, 11) is 3.29. The van der Waals surface area contributed by atoms with Crippen molar-refractivity contribution in [3.63, 3.8) is 0 Å². The maximum absolute atomic E-state index is 9.00. The number of carboxylic acids is 1. The molecule has 0 amide bonds. The summed E-state index contributed by atoms with van der Waals surface area (Å²) in [5.41, 5.74) is 1.26. The molecule has 0 aliphatic carbocycles. The topological polar surface area (TPSA) is 55.8 Å². The van der Waals surface area contributed by atoms with Crippen molar-refractivity contribution in [2.75, 3.05) is 14.2 Å². The molecule has 0 radical (unpaired) electrons. The van der Waals surface area contributed by atoms with E-state index in [1.54, 1.807) is 14.2 Å². The molecule has 16 heavy (non-hydrogen) atoms. The minimum Gasteiger partial charge on any atom is -0.493 e. The van der Waals surface area contributed by atoms with Gasteiger partial charge in [0.05, 0.1) is 14.2 Å². The van der Waals surface area contributed by atoms with Crippen molar-refractivity contribution in [1.82, 2.24) is 0 Å². The number of benzene rings is 1. The second-order valence-electron chi connectivity index (χ2n) is 3.06. The summed E-state index contributed by atoms with van der Waals surface area (Å²) < 4.78 is 10.3. The van der Waals surface area contributed by atoms with Gasteiger partial charge in [-0.15, -0.1) is 0 Å². The molecule has 1 aromatic carbocycles. The van der Waals surface area contributed by atoms with Crippen molar-refractivity contribution in [2.45, 2.75) is 20.3 Å². The fourth-order valence-corrected chi connectivity index (χ4v) is 1.10. The minimum absolute atomic E-state index is 0.787. The number of hydrogen-bond donors (Lipinski definition) is 1. The lowest BCUT2D eigenvalue weighted by atomic mass is 10.1. The van der Waals surface area contributed by atoms with Crippen LogP contribution in [0.3, 0.4) is 0 Å². The van der Waals surface area contributed by atoms with Gasteiger partial charge in [-0.05, 0) is 24.1 Å². The highest BCUT2D eigenvalue weighted by Gasteiger charge is 2.02. The van der Waals surface area contributed by atoms with Crippen LogP contribution in [-0.4, -0.2) is 25.3 Å². The lowest BCUT2D eigenvalue weighted by Gasteiger charge is -2.07. The van der Waals surface area contributed by atoms with E-state index in [9.17, 15) is 0 Å². The lowest BCUT2D eigenvalue weighted by Crippen LogP contribution is -1.91. The molecule has 0 heterocycles. The molecule has 0 spiro atoms. The standard InChI is InChI=1S/C10H14O2.C2H4O2/c1-4-8-5-6-9(11-2)10(7-8)12-3;1-2(3)4/h5-7H,4H2,1-3H3;1H3,(H,3,4). The van der Waals surface area contributed by atoms with Crippen LogP contribution in [0.25, 0.3) is 0 Å². The van der Waals surface area contributed by atoms with E-state index in [4.69, 9.17) is 19.4 Å². The van der Waals surface area contributed by atoms with Crippen LogP contribution in [-0.2, 0) is 11.2 Å². The molecule has 4 heteroatoms. The molecular formula is C12H18O4. The van der Waals surface area contributed by atoms with Crippen LogP contribution in [0.2, 0.25) is 0 Å². The van der Waals surface area contributed by atoms with E-state index in [0.717, 1.165) is 24.8 Å². The van der Waals surface area contributed by atoms with Gasteiger partial charge in [0.25, 0.3) is 5.97 Å². The molecule has 0 atom stereocenters. The summed E-state index contributed by atoms with van der Waals surface area (Å²) in [6.45, 7) is 3.20. The smallest absolute Gasteiger partial charge is 0.300 e. The minimum atomic E-state index is -0.833. The van der Waals surface area contributed by atoms with Crippen LogP contribution >= 0.6 is 0 Å². The van der Waals surface area contributed by atoms with Crippen molar-refractivity contribution >= 4 is 5.97 Å². The fourth-order valence-electron chi connectivity index (χ4n) is 1.10. The van der Waals surface area contributed by atoms with Crippen molar-refractivity contribution in [3.05, 3.63) is 23.8 Å². The monoisotopic (exact) mass is 226 g/mol. The molecule has 1 rings (SSSR count). The molecule has 0 fully saturated rings. The van der Waals surface area contributed by atoms with E-state index in [1.807, 2.05) is 18.2 Å². The zero-order chi connectivity index (χ0) is 12.6. The van der Waals surface area contributed by atoms with Gasteiger partial charge in [0.1, 0.15) is 0 Å². The Bertz CT molecular complexity index is 330. The van der Waals surface area contributed by atoms with Gasteiger partial charge in [-0.2, -0.15) is 0 Å². The highest BCUT2D eigenvalue weighted by Crippen LogP contribution is 2.27. The maximum Gasteiger partial charge on any atom is 0.300 e. The molecule has 1 aromatic rings. The molecule has 0 aromatic heterocycles. The van der Waals surface area contributed by atoms with Crippen LogP contribution < -0.4 is 9.47 Å². The number of aryl methyl sites for hydroxylation is 1. The van der Waals surface area contributed by atoms with Crippen molar-refractivity contribution in [2.24, 2.45) is 0 Å². The molecule has 0 aliphatic heterocycles. The quantitative estimate of drug-likeness (QED) is 0.859. The third-order valence-corrected chi connectivity index (χ3v) is 1.86. The Morgan fingerprint density at radius 1 is 1.25 bits per heavy atom. The van der Waals surface area contributed by atoms with Gasteiger partial charge in [-0.25, -0.2) is 0 Å². The summed E-state index contributed by atoms with van der Waals surface area (Å²) in [6, 6.07) is 5.97. The SMILES string of the molecule is CC(=O)O.CCc1ccc(OC)c(OC)c1. The Morgan fingerprint density at radius 2 is 1.75 bits per heavy atom. The van der Waals surface area contributed by atoms with E-state index >= 15 is 0 Å². The van der Waals surface area contributed by atoms with Gasteiger partial charge < -0.3 is 14.6 Å². The van der Waals surface area contributed by atoms with E-state index in [1.165, 1.54) is 5.56 Å². The number of hydrogen-bond acceptors (Lipinski definition) is 3. The molecule has 0 saturated heterocycles. The predicted molar refractivity (Wildman–Crippen MR) is 62.2 cm³/mol.